The SMILES string of the molecule is CN=C(NCc1cccc(CN2CCOCC2)c1)NCc1cc(C(C)C)no1. The van der Waals surface area contributed by atoms with Crippen LogP contribution in [-0.4, -0.2) is 49.4 Å². The van der Waals surface area contributed by atoms with Gasteiger partial charge in [0, 0.05) is 39.3 Å². The highest BCUT2D eigenvalue weighted by Gasteiger charge is 2.11. The van der Waals surface area contributed by atoms with E-state index in [0.717, 1.165) is 50.3 Å². The first-order chi connectivity index (χ1) is 13.6. The number of guanidine groups is 1. The Morgan fingerprint density at radius 3 is 2.61 bits per heavy atom. The molecule has 0 atom stereocenters. The van der Waals surface area contributed by atoms with Gasteiger partial charge in [-0.25, -0.2) is 0 Å². The molecule has 1 aliphatic rings. The first kappa shape index (κ1) is 20.4. The van der Waals surface area contributed by atoms with Crippen LogP contribution in [-0.2, 0) is 24.4 Å². The van der Waals surface area contributed by atoms with E-state index in [1.54, 1.807) is 7.05 Å². The first-order valence-electron chi connectivity index (χ1n) is 9.92. The molecule has 0 bridgehead atoms. The van der Waals surface area contributed by atoms with Crippen molar-refractivity contribution in [2.24, 2.45) is 4.99 Å². The van der Waals surface area contributed by atoms with Crippen LogP contribution in [0, 0.1) is 0 Å². The second-order valence-electron chi connectivity index (χ2n) is 7.36. The predicted molar refractivity (Wildman–Crippen MR) is 110 cm³/mol. The van der Waals surface area contributed by atoms with E-state index >= 15 is 0 Å². The van der Waals surface area contributed by atoms with Crippen molar-refractivity contribution in [2.75, 3.05) is 33.4 Å². The van der Waals surface area contributed by atoms with Crippen LogP contribution in [0.1, 0.15) is 42.3 Å². The summed E-state index contributed by atoms with van der Waals surface area (Å²) in [5.41, 5.74) is 3.53. The van der Waals surface area contributed by atoms with Crippen molar-refractivity contribution in [3.63, 3.8) is 0 Å². The molecule has 0 spiro atoms. The Bertz CT molecular complexity index is 766. The van der Waals surface area contributed by atoms with E-state index in [2.05, 4.69) is 63.8 Å². The van der Waals surface area contributed by atoms with Crippen LogP contribution in [0.5, 0.6) is 0 Å². The van der Waals surface area contributed by atoms with Gasteiger partial charge in [-0.1, -0.05) is 43.3 Å². The van der Waals surface area contributed by atoms with Crippen molar-refractivity contribution in [1.29, 1.82) is 0 Å². The van der Waals surface area contributed by atoms with Gasteiger partial charge in [-0.15, -0.1) is 0 Å². The molecule has 7 nitrogen and oxygen atoms in total. The third-order valence-corrected chi connectivity index (χ3v) is 4.78. The molecule has 0 unspecified atom stereocenters. The second kappa shape index (κ2) is 10.2. The Morgan fingerprint density at radius 1 is 1.14 bits per heavy atom. The highest BCUT2D eigenvalue weighted by molar-refractivity contribution is 5.79. The number of aliphatic imine (C=N–C) groups is 1. The third-order valence-electron chi connectivity index (χ3n) is 4.78. The summed E-state index contributed by atoms with van der Waals surface area (Å²) in [6.07, 6.45) is 0. The Hall–Kier alpha value is -2.38. The van der Waals surface area contributed by atoms with Gasteiger partial charge >= 0.3 is 0 Å². The number of nitrogens with one attached hydrogen (secondary N) is 2. The van der Waals surface area contributed by atoms with E-state index in [0.29, 0.717) is 19.0 Å². The van der Waals surface area contributed by atoms with Crippen molar-refractivity contribution in [3.8, 4) is 0 Å². The van der Waals surface area contributed by atoms with Gasteiger partial charge in [0.15, 0.2) is 11.7 Å². The lowest BCUT2D eigenvalue weighted by molar-refractivity contribution is 0.0342. The summed E-state index contributed by atoms with van der Waals surface area (Å²) >= 11 is 0. The molecule has 7 heteroatoms. The van der Waals surface area contributed by atoms with Crippen molar-refractivity contribution < 1.29 is 9.26 Å². The van der Waals surface area contributed by atoms with E-state index in [-0.39, 0.29) is 0 Å². The van der Waals surface area contributed by atoms with Crippen LogP contribution >= 0.6 is 0 Å². The fraction of sp³-hybridized carbons (Fsp3) is 0.524. The number of rotatable bonds is 7. The molecule has 2 N–H and O–H groups in total. The Morgan fingerprint density at radius 2 is 1.89 bits per heavy atom. The summed E-state index contributed by atoms with van der Waals surface area (Å²) < 4.78 is 10.8. The molecule has 0 aliphatic carbocycles. The molecule has 0 radical (unpaired) electrons. The largest absolute Gasteiger partial charge is 0.379 e. The van der Waals surface area contributed by atoms with Crippen LogP contribution in [0.15, 0.2) is 39.8 Å². The predicted octanol–water partition coefficient (Wildman–Crippen LogP) is 2.50. The zero-order valence-electron chi connectivity index (χ0n) is 17.1. The lowest BCUT2D eigenvalue weighted by Gasteiger charge is -2.26. The number of ether oxygens (including phenoxy) is 1. The lowest BCUT2D eigenvalue weighted by atomic mass is 10.1. The fourth-order valence-corrected chi connectivity index (χ4v) is 3.12. The molecule has 0 amide bonds. The van der Waals surface area contributed by atoms with Crippen LogP contribution in [0.25, 0.3) is 0 Å². The number of morpholine rings is 1. The van der Waals surface area contributed by atoms with E-state index < -0.39 is 0 Å². The maximum Gasteiger partial charge on any atom is 0.191 e. The zero-order chi connectivity index (χ0) is 19.8. The highest BCUT2D eigenvalue weighted by atomic mass is 16.5. The molecule has 2 heterocycles. The van der Waals surface area contributed by atoms with E-state index in [4.69, 9.17) is 9.26 Å². The molecule has 1 aliphatic heterocycles. The van der Waals surface area contributed by atoms with Crippen LogP contribution in [0.4, 0.5) is 0 Å². The van der Waals surface area contributed by atoms with E-state index in [9.17, 15) is 0 Å². The molecule has 1 saturated heterocycles. The van der Waals surface area contributed by atoms with Crippen molar-refractivity contribution in [3.05, 3.63) is 52.9 Å². The van der Waals surface area contributed by atoms with Gasteiger partial charge in [0.1, 0.15) is 0 Å². The minimum absolute atomic E-state index is 0.361. The second-order valence-corrected chi connectivity index (χ2v) is 7.36. The molecule has 1 fully saturated rings. The average molecular weight is 386 g/mol. The molecule has 1 aromatic heterocycles. The quantitative estimate of drug-likeness (QED) is 0.563. The lowest BCUT2D eigenvalue weighted by Crippen LogP contribution is -2.36. The number of aromatic nitrogens is 1. The molecule has 2 aromatic rings. The normalized spacial score (nSPS) is 15.8. The maximum absolute atomic E-state index is 5.42. The van der Waals surface area contributed by atoms with Gasteiger partial charge in [0.2, 0.25) is 0 Å². The van der Waals surface area contributed by atoms with E-state index in [1.807, 2.05) is 6.07 Å². The van der Waals surface area contributed by atoms with Gasteiger partial charge < -0.3 is 19.9 Å². The maximum atomic E-state index is 5.42. The Labute approximate surface area is 167 Å². The van der Waals surface area contributed by atoms with Crippen molar-refractivity contribution in [2.45, 2.75) is 39.4 Å². The van der Waals surface area contributed by atoms with Crippen LogP contribution < -0.4 is 10.6 Å². The van der Waals surface area contributed by atoms with Crippen molar-refractivity contribution in [1.82, 2.24) is 20.7 Å². The van der Waals surface area contributed by atoms with Gasteiger partial charge in [-0.05, 0) is 17.0 Å². The topological polar surface area (TPSA) is 74.9 Å². The van der Waals surface area contributed by atoms with Crippen LogP contribution in [0.2, 0.25) is 0 Å². The first-order valence-corrected chi connectivity index (χ1v) is 9.92. The number of nitrogens with zero attached hydrogens (tertiary/aromatic N) is 3. The summed E-state index contributed by atoms with van der Waals surface area (Å²) in [5, 5.41) is 10.7. The number of hydrogen-bond donors (Lipinski definition) is 2. The summed E-state index contributed by atoms with van der Waals surface area (Å²) in [4.78, 5) is 6.72. The molecule has 3 rings (SSSR count). The summed E-state index contributed by atoms with van der Waals surface area (Å²) in [6.45, 7) is 10.1. The molecular weight excluding hydrogens is 354 g/mol. The number of hydrogen-bond acceptors (Lipinski definition) is 5. The molecule has 0 saturated carbocycles. The minimum atomic E-state index is 0.361. The highest BCUT2D eigenvalue weighted by Crippen LogP contribution is 2.14. The Balaban J connectivity index is 1.48. The van der Waals surface area contributed by atoms with E-state index in [1.165, 1.54) is 11.1 Å². The molecule has 1 aromatic carbocycles. The van der Waals surface area contributed by atoms with Gasteiger partial charge in [0.05, 0.1) is 25.5 Å². The average Bonchev–Trinajstić information content (AvgIpc) is 3.19. The fourth-order valence-electron chi connectivity index (χ4n) is 3.12. The number of benzene rings is 1. The van der Waals surface area contributed by atoms with Gasteiger partial charge in [-0.2, -0.15) is 0 Å². The summed E-state index contributed by atoms with van der Waals surface area (Å²) in [6, 6.07) is 10.7. The Kier molecular flexibility index (Phi) is 7.45. The molecule has 152 valence electrons. The van der Waals surface area contributed by atoms with Gasteiger partial charge in [-0.3, -0.25) is 9.89 Å². The third kappa shape index (κ3) is 6.07. The van der Waals surface area contributed by atoms with Gasteiger partial charge in [0.25, 0.3) is 0 Å². The summed E-state index contributed by atoms with van der Waals surface area (Å²) in [5.74, 6) is 1.90. The standard InChI is InChI=1S/C21H31N5O2/c1-16(2)20-12-19(28-25-20)14-24-21(22-3)23-13-17-5-4-6-18(11-17)15-26-7-9-27-10-8-26/h4-6,11-12,16H,7-10,13-15H2,1-3H3,(H2,22,23,24). The smallest absolute Gasteiger partial charge is 0.191 e. The molecular formula is C21H31N5O2. The van der Waals surface area contributed by atoms with Crippen molar-refractivity contribution >= 4 is 5.96 Å². The monoisotopic (exact) mass is 385 g/mol. The molecule has 28 heavy (non-hydrogen) atoms. The zero-order valence-corrected chi connectivity index (χ0v) is 17.1. The minimum Gasteiger partial charge on any atom is -0.379 e. The van der Waals surface area contributed by atoms with Crippen LogP contribution in [0.3, 0.4) is 0 Å². The summed E-state index contributed by atoms with van der Waals surface area (Å²) in [7, 11) is 1.77.